The van der Waals surface area contributed by atoms with E-state index in [0.717, 1.165) is 11.1 Å². The van der Waals surface area contributed by atoms with E-state index in [0.29, 0.717) is 5.57 Å². The summed E-state index contributed by atoms with van der Waals surface area (Å²) in [4.78, 5) is 0. The van der Waals surface area contributed by atoms with Crippen LogP contribution >= 0.6 is 0 Å². The van der Waals surface area contributed by atoms with E-state index in [-0.39, 0.29) is 0 Å². The van der Waals surface area contributed by atoms with Crippen LogP contribution in [-0.4, -0.2) is 11.3 Å². The minimum Gasteiger partial charge on any atom is -0.375 e. The highest BCUT2D eigenvalue weighted by Gasteiger charge is 2.04. The van der Waals surface area contributed by atoms with Gasteiger partial charge in [0.05, 0.1) is 0 Å². The van der Waals surface area contributed by atoms with Crippen molar-refractivity contribution in [2.24, 2.45) is 5.73 Å². The number of benzene rings is 1. The van der Waals surface area contributed by atoms with Gasteiger partial charge in [-0.1, -0.05) is 36.4 Å². The molecule has 0 amide bonds. The molecule has 0 bridgehead atoms. The van der Waals surface area contributed by atoms with E-state index in [1.807, 2.05) is 31.2 Å². The number of nitrogens with two attached hydrogens (primary N) is 1. The molecule has 3 N–H and O–H groups in total. The average Bonchev–Trinajstić information content (AvgIpc) is 2.03. The van der Waals surface area contributed by atoms with Gasteiger partial charge >= 0.3 is 0 Å². The molecule has 0 saturated heterocycles. The van der Waals surface area contributed by atoms with Gasteiger partial charge in [-0.3, -0.25) is 0 Å². The maximum atomic E-state index is 9.04. The summed E-state index contributed by atoms with van der Waals surface area (Å²) in [6.07, 6.45) is -0.966. The first-order valence-corrected chi connectivity index (χ1v) is 3.81. The number of aliphatic hydroxyl groups excluding tert-OH is 1. The summed E-state index contributed by atoms with van der Waals surface area (Å²) in [7, 11) is 0. The van der Waals surface area contributed by atoms with Crippen LogP contribution < -0.4 is 5.73 Å². The summed E-state index contributed by atoms with van der Waals surface area (Å²) in [5.41, 5.74) is 7.86. The molecule has 2 nitrogen and oxygen atoms in total. The molecule has 12 heavy (non-hydrogen) atoms. The molecular weight excluding hydrogens is 150 g/mol. The quantitative estimate of drug-likeness (QED) is 0.645. The highest BCUT2D eigenvalue weighted by molar-refractivity contribution is 5.66. The molecule has 2 heteroatoms. The molecule has 0 saturated carbocycles. The smallest absolute Gasteiger partial charge is 0.128 e. The zero-order chi connectivity index (χ0) is 9.14. The number of aryl methyl sites for hydroxylation is 1. The summed E-state index contributed by atoms with van der Waals surface area (Å²) in [5.74, 6) is 0. The Balaban J connectivity index is 2.96. The normalized spacial score (nSPS) is 12.6. The van der Waals surface area contributed by atoms with Crippen molar-refractivity contribution in [1.29, 1.82) is 0 Å². The van der Waals surface area contributed by atoms with Crippen LogP contribution in [0.3, 0.4) is 0 Å². The lowest BCUT2D eigenvalue weighted by atomic mass is 10.0. The molecular formula is C10H13NO. The third-order valence-corrected chi connectivity index (χ3v) is 1.75. The van der Waals surface area contributed by atoms with E-state index in [1.165, 1.54) is 0 Å². The maximum absolute atomic E-state index is 9.04. The van der Waals surface area contributed by atoms with Crippen molar-refractivity contribution in [3.63, 3.8) is 0 Å². The van der Waals surface area contributed by atoms with Crippen LogP contribution in [0.2, 0.25) is 0 Å². The Morgan fingerprint density at radius 3 is 2.75 bits per heavy atom. The number of hydrogen-bond donors (Lipinski definition) is 2. The van der Waals surface area contributed by atoms with Gasteiger partial charge in [-0.25, -0.2) is 0 Å². The van der Waals surface area contributed by atoms with Crippen LogP contribution in [0.15, 0.2) is 30.8 Å². The predicted octanol–water partition coefficient (Wildman–Crippen LogP) is 1.29. The predicted molar refractivity (Wildman–Crippen MR) is 50.4 cm³/mol. The van der Waals surface area contributed by atoms with E-state index < -0.39 is 6.23 Å². The van der Waals surface area contributed by atoms with Gasteiger partial charge in [0.2, 0.25) is 0 Å². The average molecular weight is 163 g/mol. The minimum atomic E-state index is -0.966. The van der Waals surface area contributed by atoms with Gasteiger partial charge in [-0.2, -0.15) is 0 Å². The van der Waals surface area contributed by atoms with Crippen molar-refractivity contribution in [1.82, 2.24) is 0 Å². The molecule has 64 valence electrons. The Bertz CT molecular complexity index is 292. The molecule has 0 aromatic heterocycles. The molecule has 0 aliphatic heterocycles. The molecule has 0 spiro atoms. The largest absolute Gasteiger partial charge is 0.375 e. The Hall–Kier alpha value is -1.12. The van der Waals surface area contributed by atoms with Crippen LogP contribution in [0.4, 0.5) is 0 Å². The molecule has 0 aliphatic carbocycles. The topological polar surface area (TPSA) is 46.2 Å². The fourth-order valence-electron chi connectivity index (χ4n) is 1.02. The lowest BCUT2D eigenvalue weighted by molar-refractivity contribution is 0.241. The van der Waals surface area contributed by atoms with Crippen LogP contribution in [0.25, 0.3) is 5.57 Å². The van der Waals surface area contributed by atoms with Crippen LogP contribution in [0.5, 0.6) is 0 Å². The van der Waals surface area contributed by atoms with Gasteiger partial charge in [-0.15, -0.1) is 0 Å². The van der Waals surface area contributed by atoms with Crippen molar-refractivity contribution >= 4 is 5.57 Å². The molecule has 1 unspecified atom stereocenters. The molecule has 1 atom stereocenters. The first kappa shape index (κ1) is 8.97. The zero-order valence-corrected chi connectivity index (χ0v) is 7.12. The first-order chi connectivity index (χ1) is 5.61. The van der Waals surface area contributed by atoms with Crippen molar-refractivity contribution in [2.45, 2.75) is 13.2 Å². The zero-order valence-electron chi connectivity index (χ0n) is 7.12. The fourth-order valence-corrected chi connectivity index (χ4v) is 1.02. The summed E-state index contributed by atoms with van der Waals surface area (Å²) in [6.45, 7) is 5.68. The molecule has 0 heterocycles. The molecule has 0 radical (unpaired) electrons. The summed E-state index contributed by atoms with van der Waals surface area (Å²) in [5, 5.41) is 9.04. The SMILES string of the molecule is C=C(c1cccc(C)c1)C(N)O. The van der Waals surface area contributed by atoms with Gasteiger partial charge in [0, 0.05) is 0 Å². The standard InChI is InChI=1S/C10H13NO/c1-7-4-3-5-9(6-7)8(2)10(11)12/h3-6,10,12H,2,11H2,1H3. The monoisotopic (exact) mass is 163 g/mol. The van der Waals surface area contributed by atoms with Gasteiger partial charge in [0.25, 0.3) is 0 Å². The lowest BCUT2D eigenvalue weighted by Gasteiger charge is -2.08. The molecule has 1 aromatic rings. The van der Waals surface area contributed by atoms with E-state index in [9.17, 15) is 0 Å². The van der Waals surface area contributed by atoms with E-state index in [1.54, 1.807) is 0 Å². The van der Waals surface area contributed by atoms with Crippen molar-refractivity contribution < 1.29 is 5.11 Å². The van der Waals surface area contributed by atoms with Gasteiger partial charge in [0.1, 0.15) is 6.23 Å². The van der Waals surface area contributed by atoms with Gasteiger partial charge in [-0.05, 0) is 18.1 Å². The molecule has 0 fully saturated rings. The lowest BCUT2D eigenvalue weighted by Crippen LogP contribution is -2.19. The molecule has 1 aromatic carbocycles. The van der Waals surface area contributed by atoms with E-state index in [2.05, 4.69) is 6.58 Å². The number of hydrogen-bond acceptors (Lipinski definition) is 2. The summed E-state index contributed by atoms with van der Waals surface area (Å²) in [6, 6.07) is 7.72. The Morgan fingerprint density at radius 2 is 2.25 bits per heavy atom. The van der Waals surface area contributed by atoms with E-state index >= 15 is 0 Å². The first-order valence-electron chi connectivity index (χ1n) is 3.81. The number of rotatable bonds is 2. The van der Waals surface area contributed by atoms with Crippen molar-refractivity contribution in [3.8, 4) is 0 Å². The Kier molecular flexibility index (Phi) is 2.63. The second kappa shape index (κ2) is 3.52. The molecule has 0 aliphatic rings. The third kappa shape index (κ3) is 1.94. The van der Waals surface area contributed by atoms with Gasteiger partial charge < -0.3 is 10.8 Å². The fraction of sp³-hybridized carbons (Fsp3) is 0.200. The molecule has 1 rings (SSSR count). The maximum Gasteiger partial charge on any atom is 0.128 e. The number of aliphatic hydroxyl groups is 1. The second-order valence-electron chi connectivity index (χ2n) is 2.84. The Morgan fingerprint density at radius 1 is 1.58 bits per heavy atom. The minimum absolute atomic E-state index is 0.554. The second-order valence-corrected chi connectivity index (χ2v) is 2.84. The van der Waals surface area contributed by atoms with Crippen LogP contribution in [0.1, 0.15) is 11.1 Å². The summed E-state index contributed by atoms with van der Waals surface area (Å²) < 4.78 is 0. The Labute approximate surface area is 72.3 Å². The highest BCUT2D eigenvalue weighted by Crippen LogP contribution is 2.14. The third-order valence-electron chi connectivity index (χ3n) is 1.75. The van der Waals surface area contributed by atoms with Crippen molar-refractivity contribution in [3.05, 3.63) is 42.0 Å². The van der Waals surface area contributed by atoms with Gasteiger partial charge in [0.15, 0.2) is 0 Å². The van der Waals surface area contributed by atoms with Crippen LogP contribution in [-0.2, 0) is 0 Å². The summed E-state index contributed by atoms with van der Waals surface area (Å²) >= 11 is 0. The highest BCUT2D eigenvalue weighted by atomic mass is 16.3. The van der Waals surface area contributed by atoms with Crippen LogP contribution in [0, 0.1) is 6.92 Å². The van der Waals surface area contributed by atoms with Crippen molar-refractivity contribution in [2.75, 3.05) is 0 Å². The van der Waals surface area contributed by atoms with E-state index in [4.69, 9.17) is 10.8 Å².